The second-order valence-electron chi connectivity index (χ2n) is 8.74. The largest absolute Gasteiger partial charge is 0.381 e. The van der Waals surface area contributed by atoms with Gasteiger partial charge < -0.3 is 19.9 Å². The molecule has 1 aromatic carbocycles. The van der Waals surface area contributed by atoms with Gasteiger partial charge in [0.2, 0.25) is 5.91 Å². The molecular formula is C24H32N4O4. The topological polar surface area (TPSA) is 94.7 Å². The van der Waals surface area contributed by atoms with Crippen LogP contribution in [0, 0.1) is 0 Å². The van der Waals surface area contributed by atoms with Gasteiger partial charge in [0.15, 0.2) is 5.54 Å². The number of hydrogen-bond acceptors (Lipinski definition) is 4. The lowest BCUT2D eigenvalue weighted by atomic mass is 9.87. The first-order chi connectivity index (χ1) is 15.4. The van der Waals surface area contributed by atoms with Gasteiger partial charge in [-0.2, -0.15) is 0 Å². The fourth-order valence-electron chi connectivity index (χ4n) is 4.76. The number of aromatic amines is 1. The molecule has 3 heterocycles. The number of unbranched alkanes of at least 4 members (excludes halogenated alkanes) is 1. The van der Waals surface area contributed by atoms with E-state index in [1.165, 1.54) is 0 Å². The molecule has 0 bridgehead atoms. The molecule has 1 aromatic heterocycles. The average molecular weight is 441 g/mol. The number of carbonyl (C=O) groups is 3. The van der Waals surface area contributed by atoms with Gasteiger partial charge in [-0.1, -0.05) is 31.5 Å². The maximum Gasteiger partial charge on any atom is 0.328 e. The summed E-state index contributed by atoms with van der Waals surface area (Å²) >= 11 is 0. The Balaban J connectivity index is 1.47. The number of H-pyrrole nitrogens is 1. The zero-order valence-electron chi connectivity index (χ0n) is 19.1. The minimum atomic E-state index is -1.13. The lowest BCUT2D eigenvalue weighted by Crippen LogP contribution is -2.50. The molecule has 0 spiro atoms. The summed E-state index contributed by atoms with van der Waals surface area (Å²) < 4.78 is 5.51. The molecule has 4 rings (SSSR count). The number of urea groups is 1. The highest BCUT2D eigenvalue weighted by atomic mass is 16.5. The number of hydrogen-bond donors (Lipinski definition) is 2. The van der Waals surface area contributed by atoms with E-state index in [-0.39, 0.29) is 11.8 Å². The highest BCUT2D eigenvalue weighted by Gasteiger charge is 2.60. The fourth-order valence-corrected chi connectivity index (χ4v) is 4.76. The standard InChI is InChI=1S/C24H32N4O4/c1-4-5-14-32-15-8-12-25-21(29)16(2)28-22(30)24(3)20-18(11-13-27(24)23(28)31)17-9-6-7-10-19(17)26-20/h6-7,9-10,16,26H,4-5,8,11-15H2,1-3H3,(H,25,29)/t16-,24-/m0/s1. The molecule has 2 aromatic rings. The van der Waals surface area contributed by atoms with Gasteiger partial charge in [-0.3, -0.25) is 9.59 Å². The van der Waals surface area contributed by atoms with Crippen molar-refractivity contribution in [2.45, 2.75) is 58.0 Å². The number of nitrogens with one attached hydrogen (secondary N) is 2. The number of rotatable bonds is 9. The van der Waals surface area contributed by atoms with Crippen LogP contribution in [-0.4, -0.2) is 65.0 Å². The SMILES string of the molecule is CCCCOCCCNC(=O)[C@H](C)N1C(=O)N2CCc3c([nH]c4ccccc34)[C@@]2(C)C1=O. The van der Waals surface area contributed by atoms with Gasteiger partial charge in [-0.15, -0.1) is 0 Å². The number of imide groups is 1. The fraction of sp³-hybridized carbons (Fsp3) is 0.542. The van der Waals surface area contributed by atoms with Crippen LogP contribution in [0.2, 0.25) is 0 Å². The first-order valence-electron chi connectivity index (χ1n) is 11.5. The monoisotopic (exact) mass is 440 g/mol. The summed E-state index contributed by atoms with van der Waals surface area (Å²) in [5.74, 6) is -0.693. The minimum Gasteiger partial charge on any atom is -0.381 e. The molecule has 2 aliphatic heterocycles. The molecule has 0 radical (unpaired) electrons. The number of para-hydroxylation sites is 1. The highest BCUT2D eigenvalue weighted by Crippen LogP contribution is 2.44. The first-order valence-corrected chi connectivity index (χ1v) is 11.5. The van der Waals surface area contributed by atoms with Gasteiger partial charge in [0.05, 0.1) is 5.69 Å². The van der Waals surface area contributed by atoms with Crippen LogP contribution >= 0.6 is 0 Å². The smallest absolute Gasteiger partial charge is 0.328 e. The maximum atomic E-state index is 13.6. The van der Waals surface area contributed by atoms with Gasteiger partial charge in [-0.05, 0) is 44.7 Å². The Morgan fingerprint density at radius 3 is 2.78 bits per heavy atom. The van der Waals surface area contributed by atoms with Crippen molar-refractivity contribution in [3.05, 3.63) is 35.5 Å². The Bertz CT molecular complexity index is 1030. The van der Waals surface area contributed by atoms with Gasteiger partial charge in [0.25, 0.3) is 5.91 Å². The average Bonchev–Trinajstić information content (AvgIpc) is 3.26. The molecule has 1 saturated heterocycles. The number of benzene rings is 1. The van der Waals surface area contributed by atoms with Crippen LogP contribution < -0.4 is 5.32 Å². The summed E-state index contributed by atoms with van der Waals surface area (Å²) in [6, 6.07) is 6.63. The van der Waals surface area contributed by atoms with Gasteiger partial charge in [-0.25, -0.2) is 9.69 Å². The molecular weight excluding hydrogens is 408 g/mol. The van der Waals surface area contributed by atoms with Crippen LogP contribution in [-0.2, 0) is 26.3 Å². The van der Waals surface area contributed by atoms with Gasteiger partial charge in [0.1, 0.15) is 6.04 Å². The molecule has 0 aliphatic carbocycles. The van der Waals surface area contributed by atoms with Crippen LogP contribution in [0.1, 0.15) is 51.3 Å². The zero-order chi connectivity index (χ0) is 22.9. The third-order valence-corrected chi connectivity index (χ3v) is 6.67. The Morgan fingerprint density at radius 2 is 2.00 bits per heavy atom. The van der Waals surface area contributed by atoms with Crippen molar-refractivity contribution in [2.75, 3.05) is 26.3 Å². The summed E-state index contributed by atoms with van der Waals surface area (Å²) in [7, 11) is 0. The molecule has 172 valence electrons. The van der Waals surface area contributed by atoms with E-state index in [2.05, 4.69) is 17.2 Å². The number of carbonyl (C=O) groups excluding carboxylic acids is 3. The Morgan fingerprint density at radius 1 is 1.25 bits per heavy atom. The van der Waals surface area contributed by atoms with Gasteiger partial charge in [0, 0.05) is 37.2 Å². The molecule has 0 unspecified atom stereocenters. The van der Waals surface area contributed by atoms with Crippen LogP contribution in [0.4, 0.5) is 4.79 Å². The molecule has 32 heavy (non-hydrogen) atoms. The van der Waals surface area contributed by atoms with Crippen LogP contribution in [0.3, 0.4) is 0 Å². The molecule has 1 fully saturated rings. The molecule has 2 atom stereocenters. The van der Waals surface area contributed by atoms with Gasteiger partial charge >= 0.3 is 6.03 Å². The number of amides is 4. The van der Waals surface area contributed by atoms with Crippen LogP contribution in [0.5, 0.6) is 0 Å². The Kier molecular flexibility index (Phi) is 6.24. The van der Waals surface area contributed by atoms with Crippen molar-refractivity contribution < 1.29 is 19.1 Å². The highest BCUT2D eigenvalue weighted by molar-refractivity contribution is 6.10. The van der Waals surface area contributed by atoms with E-state index < -0.39 is 17.6 Å². The summed E-state index contributed by atoms with van der Waals surface area (Å²) in [6.45, 7) is 7.68. The van der Waals surface area contributed by atoms with Crippen molar-refractivity contribution in [3.8, 4) is 0 Å². The van der Waals surface area contributed by atoms with E-state index in [0.29, 0.717) is 32.5 Å². The Labute approximate surface area is 188 Å². The molecule has 4 amide bonds. The predicted molar refractivity (Wildman–Crippen MR) is 121 cm³/mol. The summed E-state index contributed by atoms with van der Waals surface area (Å²) in [5.41, 5.74) is 1.64. The third kappa shape index (κ3) is 3.56. The number of aromatic nitrogens is 1. The van der Waals surface area contributed by atoms with Crippen molar-refractivity contribution in [1.82, 2.24) is 20.1 Å². The van der Waals surface area contributed by atoms with Crippen molar-refractivity contribution >= 4 is 28.7 Å². The number of fused-ring (bicyclic) bond motifs is 5. The summed E-state index contributed by atoms with van der Waals surface area (Å²) in [6.07, 6.45) is 3.46. The quantitative estimate of drug-likeness (QED) is 0.463. The first kappa shape index (κ1) is 22.3. The normalized spacial score (nSPS) is 21.1. The Hall–Kier alpha value is -2.87. The lowest BCUT2D eigenvalue weighted by Gasteiger charge is -2.36. The van der Waals surface area contributed by atoms with E-state index in [0.717, 1.165) is 46.5 Å². The van der Waals surface area contributed by atoms with E-state index >= 15 is 0 Å². The second kappa shape index (κ2) is 8.94. The van der Waals surface area contributed by atoms with E-state index in [1.807, 2.05) is 24.3 Å². The predicted octanol–water partition coefficient (Wildman–Crippen LogP) is 2.91. The van der Waals surface area contributed by atoms with Crippen molar-refractivity contribution in [2.24, 2.45) is 0 Å². The minimum absolute atomic E-state index is 0.333. The maximum absolute atomic E-state index is 13.6. The summed E-state index contributed by atoms with van der Waals surface area (Å²) in [5, 5.41) is 3.91. The van der Waals surface area contributed by atoms with Crippen LogP contribution in [0.15, 0.2) is 24.3 Å². The molecule has 8 nitrogen and oxygen atoms in total. The van der Waals surface area contributed by atoms with E-state index in [1.54, 1.807) is 18.7 Å². The van der Waals surface area contributed by atoms with E-state index in [4.69, 9.17) is 4.74 Å². The van der Waals surface area contributed by atoms with E-state index in [9.17, 15) is 14.4 Å². The molecule has 0 saturated carbocycles. The molecule has 8 heteroatoms. The molecule has 2 N–H and O–H groups in total. The number of ether oxygens (including phenoxy) is 1. The zero-order valence-corrected chi connectivity index (χ0v) is 19.1. The van der Waals surface area contributed by atoms with Crippen molar-refractivity contribution in [1.29, 1.82) is 0 Å². The number of nitrogens with zero attached hydrogens (tertiary/aromatic N) is 2. The lowest BCUT2D eigenvalue weighted by molar-refractivity contribution is -0.139. The van der Waals surface area contributed by atoms with Crippen molar-refractivity contribution in [3.63, 3.8) is 0 Å². The molecule has 2 aliphatic rings. The second-order valence-corrected chi connectivity index (χ2v) is 8.74. The summed E-state index contributed by atoms with van der Waals surface area (Å²) in [4.78, 5) is 45.6. The third-order valence-electron chi connectivity index (χ3n) is 6.67. The van der Waals surface area contributed by atoms with Crippen LogP contribution in [0.25, 0.3) is 10.9 Å².